The van der Waals surface area contributed by atoms with Gasteiger partial charge in [-0.25, -0.2) is 9.67 Å². The molecule has 0 aromatic carbocycles. The molecule has 0 bridgehead atoms. The van der Waals surface area contributed by atoms with Crippen LogP contribution in [0.15, 0.2) is 21.0 Å². The number of tetrazole rings is 1. The molecule has 100 valence electrons. The molecule has 0 atom stereocenters. The maximum Gasteiger partial charge on any atom is 0.325 e. The predicted molar refractivity (Wildman–Crippen MR) is 65.9 cm³/mol. The summed E-state index contributed by atoms with van der Waals surface area (Å²) in [4.78, 5) is 18.8. The summed E-state index contributed by atoms with van der Waals surface area (Å²) in [5.41, 5.74) is 0. The number of carboxylic acid groups (broad SMARTS) is 1. The van der Waals surface area contributed by atoms with Gasteiger partial charge in [0.1, 0.15) is 6.54 Å². The van der Waals surface area contributed by atoms with Crippen LogP contribution >= 0.6 is 27.7 Å². The third-order valence-corrected chi connectivity index (χ3v) is 3.25. The van der Waals surface area contributed by atoms with Crippen LogP contribution in [-0.4, -0.2) is 48.4 Å². The average Bonchev–Trinajstić information content (AvgIpc) is 2.78. The fraction of sp³-hybridized carbons (Fsp3) is 0.250. The lowest BCUT2D eigenvalue weighted by Gasteiger charge is -2.03. The summed E-state index contributed by atoms with van der Waals surface area (Å²) in [6, 6.07) is 0. The van der Waals surface area contributed by atoms with Gasteiger partial charge in [0, 0.05) is 6.20 Å². The lowest BCUT2D eigenvalue weighted by molar-refractivity contribution is -0.138. The van der Waals surface area contributed by atoms with Gasteiger partial charge in [0.2, 0.25) is 11.0 Å². The van der Waals surface area contributed by atoms with Crippen LogP contribution in [0.2, 0.25) is 0 Å². The molecule has 0 saturated heterocycles. The number of methoxy groups -OCH3 is 1. The summed E-state index contributed by atoms with van der Waals surface area (Å²) in [5, 5.41) is 20.0. The second-order valence-electron chi connectivity index (χ2n) is 3.12. The van der Waals surface area contributed by atoms with Gasteiger partial charge in [-0.1, -0.05) is 0 Å². The van der Waals surface area contributed by atoms with Crippen molar-refractivity contribution in [1.82, 2.24) is 30.2 Å². The number of hydrogen-bond acceptors (Lipinski definition) is 8. The zero-order valence-corrected chi connectivity index (χ0v) is 11.9. The maximum atomic E-state index is 10.6. The highest BCUT2D eigenvalue weighted by molar-refractivity contribution is 9.10. The first-order valence-corrected chi connectivity index (χ1v) is 6.43. The number of carbonyl (C=O) groups is 1. The van der Waals surface area contributed by atoms with E-state index in [1.54, 1.807) is 0 Å². The summed E-state index contributed by atoms with van der Waals surface area (Å²) in [6.45, 7) is -0.330. The molecule has 2 aromatic rings. The van der Waals surface area contributed by atoms with E-state index in [-0.39, 0.29) is 11.7 Å². The minimum absolute atomic E-state index is 0.284. The van der Waals surface area contributed by atoms with Gasteiger partial charge in [-0.05, 0) is 38.1 Å². The van der Waals surface area contributed by atoms with Crippen molar-refractivity contribution in [3.8, 4) is 5.88 Å². The first kappa shape index (κ1) is 13.7. The predicted octanol–water partition coefficient (Wildman–Crippen LogP) is 0.470. The van der Waals surface area contributed by atoms with E-state index in [0.717, 1.165) is 16.4 Å². The maximum absolute atomic E-state index is 10.6. The first-order chi connectivity index (χ1) is 9.10. The molecule has 0 aliphatic rings. The number of rotatable bonds is 5. The Labute approximate surface area is 119 Å². The molecule has 2 rings (SSSR count). The summed E-state index contributed by atoms with van der Waals surface area (Å²) in [5.74, 6) is -0.668. The molecule has 0 radical (unpaired) electrons. The van der Waals surface area contributed by atoms with Crippen molar-refractivity contribution < 1.29 is 14.6 Å². The van der Waals surface area contributed by atoms with Crippen molar-refractivity contribution in [1.29, 1.82) is 0 Å². The fourth-order valence-electron chi connectivity index (χ4n) is 1.11. The van der Waals surface area contributed by atoms with E-state index in [4.69, 9.17) is 9.84 Å². The highest BCUT2D eigenvalue weighted by atomic mass is 79.9. The number of aromatic nitrogens is 6. The van der Waals surface area contributed by atoms with Crippen LogP contribution in [0.3, 0.4) is 0 Å². The van der Waals surface area contributed by atoms with Gasteiger partial charge in [-0.3, -0.25) is 4.79 Å². The highest BCUT2D eigenvalue weighted by Gasteiger charge is 2.14. The fourth-order valence-corrected chi connectivity index (χ4v) is 2.14. The van der Waals surface area contributed by atoms with E-state index in [9.17, 15) is 4.79 Å². The number of halogens is 1. The van der Waals surface area contributed by atoms with Crippen molar-refractivity contribution in [3.63, 3.8) is 0 Å². The Morgan fingerprint density at radius 1 is 1.63 bits per heavy atom. The molecule has 0 amide bonds. The number of hydrogen-bond donors (Lipinski definition) is 1. The van der Waals surface area contributed by atoms with E-state index in [1.165, 1.54) is 13.3 Å². The largest absolute Gasteiger partial charge is 0.480 e. The molecule has 11 heteroatoms. The molecule has 0 fully saturated rings. The molecular formula is C8H7BrN6O3S. The smallest absolute Gasteiger partial charge is 0.325 e. The normalized spacial score (nSPS) is 10.4. The Kier molecular flexibility index (Phi) is 4.27. The minimum atomic E-state index is -1.04. The first-order valence-electron chi connectivity index (χ1n) is 4.82. The quantitative estimate of drug-likeness (QED) is 0.770. The Morgan fingerprint density at radius 2 is 2.42 bits per heavy atom. The lowest BCUT2D eigenvalue weighted by atomic mass is 10.6. The van der Waals surface area contributed by atoms with Crippen LogP contribution in [0.5, 0.6) is 5.88 Å². The van der Waals surface area contributed by atoms with Crippen molar-refractivity contribution in [2.75, 3.05) is 7.11 Å². The van der Waals surface area contributed by atoms with E-state index >= 15 is 0 Å². The molecule has 2 aromatic heterocycles. The van der Waals surface area contributed by atoms with Crippen LogP contribution in [-0.2, 0) is 11.3 Å². The van der Waals surface area contributed by atoms with Gasteiger partial charge in [-0.15, -0.1) is 5.10 Å². The van der Waals surface area contributed by atoms with Crippen molar-refractivity contribution in [2.45, 2.75) is 16.9 Å². The standard InChI is InChI=1S/C8H7BrN6O3S/c1-18-6-4(9)2-10-7(11-6)19-8-12-13-14-15(8)3-5(16)17/h2H,3H2,1H3,(H,16,17). The summed E-state index contributed by atoms with van der Waals surface area (Å²) in [7, 11) is 1.48. The Hall–Kier alpha value is -1.75. The monoisotopic (exact) mass is 346 g/mol. The summed E-state index contributed by atoms with van der Waals surface area (Å²) >= 11 is 4.27. The van der Waals surface area contributed by atoms with Crippen LogP contribution in [0, 0.1) is 0 Å². The van der Waals surface area contributed by atoms with Gasteiger partial charge in [0.15, 0.2) is 5.16 Å². The topological polar surface area (TPSA) is 116 Å². The zero-order chi connectivity index (χ0) is 13.8. The average molecular weight is 347 g/mol. The highest BCUT2D eigenvalue weighted by Crippen LogP contribution is 2.27. The molecule has 0 saturated carbocycles. The van der Waals surface area contributed by atoms with Crippen molar-refractivity contribution in [3.05, 3.63) is 10.7 Å². The Balaban J connectivity index is 2.21. The number of ether oxygens (including phenoxy) is 1. The number of aliphatic carboxylic acids is 1. The molecule has 19 heavy (non-hydrogen) atoms. The van der Waals surface area contributed by atoms with Crippen LogP contribution in [0.1, 0.15) is 0 Å². The molecule has 2 heterocycles. The van der Waals surface area contributed by atoms with E-state index in [1.807, 2.05) is 0 Å². The molecular weight excluding hydrogens is 340 g/mol. The van der Waals surface area contributed by atoms with E-state index in [2.05, 4.69) is 41.4 Å². The van der Waals surface area contributed by atoms with Crippen LogP contribution in [0.4, 0.5) is 0 Å². The molecule has 0 unspecified atom stereocenters. The van der Waals surface area contributed by atoms with Crippen LogP contribution in [0.25, 0.3) is 0 Å². The van der Waals surface area contributed by atoms with Gasteiger partial charge in [0.05, 0.1) is 11.6 Å². The van der Waals surface area contributed by atoms with Gasteiger partial charge < -0.3 is 9.84 Å². The van der Waals surface area contributed by atoms with E-state index < -0.39 is 5.97 Å². The molecule has 0 spiro atoms. The van der Waals surface area contributed by atoms with Gasteiger partial charge >= 0.3 is 5.97 Å². The van der Waals surface area contributed by atoms with Crippen LogP contribution < -0.4 is 4.74 Å². The van der Waals surface area contributed by atoms with Crippen molar-refractivity contribution in [2.24, 2.45) is 0 Å². The molecule has 9 nitrogen and oxygen atoms in total. The second kappa shape index (κ2) is 5.93. The molecule has 0 aliphatic heterocycles. The lowest BCUT2D eigenvalue weighted by Crippen LogP contribution is -2.11. The van der Waals surface area contributed by atoms with E-state index in [0.29, 0.717) is 15.5 Å². The Morgan fingerprint density at radius 3 is 3.11 bits per heavy atom. The summed E-state index contributed by atoms with van der Waals surface area (Å²) in [6.07, 6.45) is 1.53. The van der Waals surface area contributed by atoms with Crippen molar-refractivity contribution >= 4 is 33.7 Å². The van der Waals surface area contributed by atoms with Gasteiger partial charge in [0.25, 0.3) is 0 Å². The molecule has 1 N–H and O–H groups in total. The molecule has 0 aliphatic carbocycles. The third kappa shape index (κ3) is 3.38. The third-order valence-electron chi connectivity index (χ3n) is 1.85. The number of nitrogens with zero attached hydrogens (tertiary/aromatic N) is 6. The summed E-state index contributed by atoms with van der Waals surface area (Å²) < 4.78 is 6.79. The van der Waals surface area contributed by atoms with Gasteiger partial charge in [-0.2, -0.15) is 4.98 Å². The Bertz CT molecular complexity index is 606. The SMILES string of the molecule is COc1nc(Sc2nnnn2CC(=O)O)ncc1Br. The minimum Gasteiger partial charge on any atom is -0.480 e. The zero-order valence-electron chi connectivity index (χ0n) is 9.52. The second-order valence-corrected chi connectivity index (χ2v) is 4.91. The number of carboxylic acids is 1.